The third kappa shape index (κ3) is 3.67. The molecule has 1 aliphatic rings. The fourth-order valence-corrected chi connectivity index (χ4v) is 3.59. The van der Waals surface area contributed by atoms with Gasteiger partial charge in [-0.15, -0.1) is 0 Å². The predicted octanol–water partition coefficient (Wildman–Crippen LogP) is 4.15. The number of nitrogens with zero attached hydrogens (tertiary/aromatic N) is 1. The Bertz CT molecular complexity index is 1080. The highest BCUT2D eigenvalue weighted by Crippen LogP contribution is 2.31. The molecule has 4 amide bonds. The van der Waals surface area contributed by atoms with Crippen LogP contribution in [0.4, 0.5) is 10.5 Å². The van der Waals surface area contributed by atoms with E-state index in [0.717, 1.165) is 11.1 Å². The average Bonchev–Trinajstić information content (AvgIpc) is 3.02. The van der Waals surface area contributed by atoms with Crippen LogP contribution >= 0.6 is 0 Å². The van der Waals surface area contributed by atoms with Crippen LogP contribution < -0.4 is 10.6 Å². The van der Waals surface area contributed by atoms with Crippen molar-refractivity contribution in [3.05, 3.63) is 101 Å². The van der Waals surface area contributed by atoms with E-state index in [9.17, 15) is 14.4 Å². The summed E-state index contributed by atoms with van der Waals surface area (Å²) >= 11 is 0. The summed E-state index contributed by atoms with van der Waals surface area (Å²) < 4.78 is 0. The number of anilines is 1. The zero-order valence-electron chi connectivity index (χ0n) is 16.5. The highest BCUT2D eigenvalue weighted by atomic mass is 16.2. The minimum Gasteiger partial charge on any atom is -0.335 e. The van der Waals surface area contributed by atoms with E-state index >= 15 is 0 Å². The first-order chi connectivity index (χ1) is 14.6. The number of nitrogens with one attached hydrogen (secondary N) is 2. The average molecular weight is 399 g/mol. The van der Waals surface area contributed by atoms with Gasteiger partial charge < -0.3 is 10.6 Å². The van der Waals surface area contributed by atoms with Crippen molar-refractivity contribution in [3.63, 3.8) is 0 Å². The minimum absolute atomic E-state index is 0.0905. The van der Waals surface area contributed by atoms with Gasteiger partial charge in [-0.2, -0.15) is 0 Å². The molecule has 0 aliphatic carbocycles. The molecule has 1 aliphatic heterocycles. The van der Waals surface area contributed by atoms with E-state index in [2.05, 4.69) is 10.6 Å². The van der Waals surface area contributed by atoms with Gasteiger partial charge in [-0.3, -0.25) is 14.5 Å². The molecule has 0 spiro atoms. The lowest BCUT2D eigenvalue weighted by atomic mass is 10.1. The van der Waals surface area contributed by atoms with E-state index in [-0.39, 0.29) is 18.4 Å². The van der Waals surface area contributed by atoms with E-state index in [1.807, 2.05) is 61.5 Å². The van der Waals surface area contributed by atoms with Gasteiger partial charge in [-0.1, -0.05) is 60.7 Å². The number of carbonyl (C=O) groups excluding carboxylic acids is 3. The third-order valence-corrected chi connectivity index (χ3v) is 5.17. The fourth-order valence-electron chi connectivity index (χ4n) is 3.59. The number of aryl methyl sites for hydroxylation is 1. The van der Waals surface area contributed by atoms with Crippen LogP contribution in [0, 0.1) is 6.92 Å². The number of hydrogen-bond donors (Lipinski definition) is 2. The summed E-state index contributed by atoms with van der Waals surface area (Å²) in [6, 6.07) is 22.4. The molecule has 6 nitrogen and oxygen atoms in total. The molecule has 1 atom stereocenters. The summed E-state index contributed by atoms with van der Waals surface area (Å²) in [5.74, 6) is -0.712. The normalized spacial score (nSPS) is 13.7. The van der Waals surface area contributed by atoms with Crippen molar-refractivity contribution >= 4 is 23.5 Å². The Morgan fingerprint density at radius 1 is 0.833 bits per heavy atom. The molecule has 1 heterocycles. The van der Waals surface area contributed by atoms with Crippen molar-refractivity contribution in [2.75, 3.05) is 11.9 Å². The molecular formula is C24H21N3O3. The van der Waals surface area contributed by atoms with Crippen molar-refractivity contribution in [1.82, 2.24) is 10.2 Å². The molecule has 3 aromatic carbocycles. The zero-order valence-corrected chi connectivity index (χ0v) is 16.5. The number of amides is 4. The molecule has 6 heteroatoms. The van der Waals surface area contributed by atoms with Gasteiger partial charge in [0.05, 0.1) is 17.2 Å². The second-order valence-corrected chi connectivity index (χ2v) is 7.10. The van der Waals surface area contributed by atoms with E-state index in [1.165, 1.54) is 4.90 Å². The van der Waals surface area contributed by atoms with Crippen molar-refractivity contribution in [3.8, 4) is 0 Å². The Morgan fingerprint density at radius 2 is 1.40 bits per heavy atom. The molecular weight excluding hydrogens is 378 g/mol. The number of benzene rings is 3. The van der Waals surface area contributed by atoms with Crippen LogP contribution in [0.1, 0.15) is 37.9 Å². The van der Waals surface area contributed by atoms with Gasteiger partial charge in [0, 0.05) is 12.2 Å². The van der Waals surface area contributed by atoms with Crippen molar-refractivity contribution in [1.29, 1.82) is 0 Å². The van der Waals surface area contributed by atoms with Crippen molar-refractivity contribution in [2.24, 2.45) is 0 Å². The van der Waals surface area contributed by atoms with Gasteiger partial charge >= 0.3 is 6.03 Å². The number of imide groups is 1. The van der Waals surface area contributed by atoms with Crippen molar-refractivity contribution in [2.45, 2.75) is 13.0 Å². The first kappa shape index (κ1) is 19.4. The summed E-state index contributed by atoms with van der Waals surface area (Å²) in [7, 11) is 0. The zero-order chi connectivity index (χ0) is 21.1. The topological polar surface area (TPSA) is 78.5 Å². The fraction of sp³-hybridized carbons (Fsp3) is 0.125. The first-order valence-corrected chi connectivity index (χ1v) is 9.68. The Hall–Kier alpha value is -3.93. The number of urea groups is 1. The predicted molar refractivity (Wildman–Crippen MR) is 114 cm³/mol. The quantitative estimate of drug-likeness (QED) is 0.633. The Kier molecular flexibility index (Phi) is 5.30. The second kappa shape index (κ2) is 8.21. The number of rotatable bonds is 5. The summed E-state index contributed by atoms with van der Waals surface area (Å²) in [5.41, 5.74) is 3.17. The van der Waals surface area contributed by atoms with E-state index in [4.69, 9.17) is 0 Å². The van der Waals surface area contributed by atoms with E-state index < -0.39 is 12.1 Å². The van der Waals surface area contributed by atoms with Gasteiger partial charge in [0.25, 0.3) is 11.8 Å². The Balaban J connectivity index is 1.56. The highest BCUT2D eigenvalue weighted by Gasteiger charge is 2.40. The molecule has 0 fully saturated rings. The van der Waals surface area contributed by atoms with E-state index in [1.54, 1.807) is 24.3 Å². The summed E-state index contributed by atoms with van der Waals surface area (Å²) in [6.07, 6.45) is 0. The molecule has 30 heavy (non-hydrogen) atoms. The lowest BCUT2D eigenvalue weighted by Gasteiger charge is -2.27. The maximum Gasteiger partial charge on any atom is 0.319 e. The van der Waals surface area contributed by atoms with Gasteiger partial charge in [0.15, 0.2) is 0 Å². The lowest BCUT2D eigenvalue weighted by molar-refractivity contribution is 0.0582. The molecule has 150 valence electrons. The molecule has 1 unspecified atom stereocenters. The number of carbonyl (C=O) groups is 3. The second-order valence-electron chi connectivity index (χ2n) is 7.10. The minimum atomic E-state index is -0.624. The molecule has 4 rings (SSSR count). The lowest BCUT2D eigenvalue weighted by Crippen LogP contribution is -2.42. The molecule has 2 N–H and O–H groups in total. The maximum absolute atomic E-state index is 13.0. The monoisotopic (exact) mass is 399 g/mol. The first-order valence-electron chi connectivity index (χ1n) is 9.68. The number of fused-ring (bicyclic) bond motifs is 1. The van der Waals surface area contributed by atoms with Gasteiger partial charge in [0.1, 0.15) is 0 Å². The van der Waals surface area contributed by atoms with Crippen LogP contribution in [0.15, 0.2) is 78.9 Å². The van der Waals surface area contributed by atoms with Gasteiger partial charge in [-0.05, 0) is 36.2 Å². The summed E-state index contributed by atoms with van der Waals surface area (Å²) in [5, 5.41) is 5.61. The molecule has 0 saturated carbocycles. The SMILES string of the molecule is Cc1ccccc1NC(=O)NCC(c1ccccc1)N1C(=O)c2ccccc2C1=O. The smallest absolute Gasteiger partial charge is 0.319 e. The summed E-state index contributed by atoms with van der Waals surface area (Å²) in [6.45, 7) is 1.99. The molecule has 0 saturated heterocycles. The largest absolute Gasteiger partial charge is 0.335 e. The van der Waals surface area contributed by atoms with Crippen LogP contribution in [0.5, 0.6) is 0 Å². The van der Waals surface area contributed by atoms with Crippen LogP contribution in [0.2, 0.25) is 0 Å². The number of hydrogen-bond acceptors (Lipinski definition) is 3. The molecule has 3 aromatic rings. The van der Waals surface area contributed by atoms with Crippen LogP contribution in [-0.4, -0.2) is 29.3 Å². The molecule has 0 bridgehead atoms. The number of para-hydroxylation sites is 1. The van der Waals surface area contributed by atoms with Crippen LogP contribution in [-0.2, 0) is 0 Å². The van der Waals surface area contributed by atoms with Crippen LogP contribution in [0.25, 0.3) is 0 Å². The maximum atomic E-state index is 13.0. The Morgan fingerprint density at radius 3 is 2.03 bits per heavy atom. The third-order valence-electron chi connectivity index (χ3n) is 5.17. The summed E-state index contributed by atoms with van der Waals surface area (Å²) in [4.78, 5) is 39.7. The standard InChI is InChI=1S/C24H21N3O3/c1-16-9-5-8-14-20(16)26-24(30)25-15-21(17-10-3-2-4-11-17)27-22(28)18-12-6-7-13-19(18)23(27)29/h2-14,21H,15H2,1H3,(H2,25,26,30). The van der Waals surface area contributed by atoms with Gasteiger partial charge in [-0.25, -0.2) is 4.79 Å². The Labute approximate surface area is 174 Å². The molecule has 0 aromatic heterocycles. The van der Waals surface area contributed by atoms with E-state index in [0.29, 0.717) is 16.8 Å². The van der Waals surface area contributed by atoms with Crippen molar-refractivity contribution < 1.29 is 14.4 Å². The molecule has 0 radical (unpaired) electrons. The van der Waals surface area contributed by atoms with Crippen LogP contribution in [0.3, 0.4) is 0 Å². The highest BCUT2D eigenvalue weighted by molar-refractivity contribution is 6.21. The van der Waals surface area contributed by atoms with Gasteiger partial charge in [0.2, 0.25) is 0 Å².